The second-order valence-electron chi connectivity index (χ2n) is 6.05. The van der Waals surface area contributed by atoms with E-state index in [9.17, 15) is 5.11 Å². The Morgan fingerprint density at radius 1 is 1.45 bits per heavy atom. The molecular weight excluding hydrogens is 252 g/mol. The monoisotopic (exact) mass is 278 g/mol. The molecule has 1 unspecified atom stereocenters. The summed E-state index contributed by atoms with van der Waals surface area (Å²) in [4.78, 5) is 2.27. The average molecular weight is 278 g/mol. The van der Waals surface area contributed by atoms with Crippen molar-refractivity contribution in [1.82, 2.24) is 5.32 Å². The largest absolute Gasteiger partial charge is 0.508 e. The molecule has 1 aromatic carbocycles. The van der Waals surface area contributed by atoms with Crippen LogP contribution in [-0.4, -0.2) is 36.9 Å². The van der Waals surface area contributed by atoms with Crippen LogP contribution in [0.3, 0.4) is 0 Å². The van der Waals surface area contributed by atoms with Crippen molar-refractivity contribution in [3.05, 3.63) is 23.8 Å². The first kappa shape index (κ1) is 15.1. The van der Waals surface area contributed by atoms with Crippen molar-refractivity contribution in [3.63, 3.8) is 0 Å². The molecule has 4 nitrogen and oxygen atoms in total. The van der Waals surface area contributed by atoms with Gasteiger partial charge in [0, 0.05) is 36.4 Å². The molecule has 0 saturated carbocycles. The Bertz CT molecular complexity index is 460. The lowest BCUT2D eigenvalue weighted by atomic mass is 10.0. The van der Waals surface area contributed by atoms with Gasteiger partial charge in [-0.05, 0) is 33.4 Å². The molecule has 0 bridgehead atoms. The molecule has 1 saturated heterocycles. The number of anilines is 1. The maximum Gasteiger partial charge on any atom is 0.122 e. The first-order valence-electron chi connectivity index (χ1n) is 7.38. The first-order chi connectivity index (χ1) is 9.43. The van der Waals surface area contributed by atoms with Gasteiger partial charge in [-0.2, -0.15) is 0 Å². The topological polar surface area (TPSA) is 44.7 Å². The number of rotatable bonds is 4. The zero-order valence-corrected chi connectivity index (χ0v) is 12.9. The van der Waals surface area contributed by atoms with Gasteiger partial charge in [0.1, 0.15) is 5.75 Å². The van der Waals surface area contributed by atoms with Crippen molar-refractivity contribution in [2.24, 2.45) is 0 Å². The second-order valence-corrected chi connectivity index (χ2v) is 6.05. The van der Waals surface area contributed by atoms with Crippen LogP contribution in [0.5, 0.6) is 5.75 Å². The summed E-state index contributed by atoms with van der Waals surface area (Å²) in [5.41, 5.74) is 1.87. The van der Waals surface area contributed by atoms with Gasteiger partial charge in [-0.25, -0.2) is 0 Å². The third-order valence-corrected chi connectivity index (χ3v) is 3.78. The number of morpholine rings is 1. The van der Waals surface area contributed by atoms with Crippen LogP contribution in [0.15, 0.2) is 18.2 Å². The molecule has 1 aliphatic heterocycles. The van der Waals surface area contributed by atoms with Crippen molar-refractivity contribution in [1.29, 1.82) is 0 Å². The van der Waals surface area contributed by atoms with Crippen LogP contribution in [0.1, 0.15) is 39.3 Å². The lowest BCUT2D eigenvalue weighted by Crippen LogP contribution is -2.48. The fourth-order valence-electron chi connectivity index (χ4n) is 2.75. The van der Waals surface area contributed by atoms with E-state index in [0.29, 0.717) is 5.75 Å². The maximum atomic E-state index is 10.3. The minimum atomic E-state index is -0.135. The Kier molecular flexibility index (Phi) is 4.55. The van der Waals surface area contributed by atoms with Crippen molar-refractivity contribution in [2.75, 3.05) is 31.1 Å². The van der Waals surface area contributed by atoms with Gasteiger partial charge in [0.25, 0.3) is 0 Å². The number of phenolic OH excluding ortho intramolecular Hbond substituents is 1. The molecule has 1 aromatic rings. The standard InChI is InChI=1S/C16H26N2O2/c1-5-17-12(2)14-7-6-13(10-15(14)19)18-8-9-20-16(3,4)11-18/h6-7,10,12,17,19H,5,8-9,11H2,1-4H3. The number of phenols is 1. The number of nitrogens with one attached hydrogen (secondary N) is 1. The van der Waals surface area contributed by atoms with E-state index < -0.39 is 0 Å². The van der Waals surface area contributed by atoms with Gasteiger partial charge < -0.3 is 20.1 Å². The summed E-state index contributed by atoms with van der Waals surface area (Å²) in [6.07, 6.45) is 0. The highest BCUT2D eigenvalue weighted by Crippen LogP contribution is 2.31. The summed E-state index contributed by atoms with van der Waals surface area (Å²) >= 11 is 0. The molecule has 20 heavy (non-hydrogen) atoms. The molecule has 4 heteroatoms. The lowest BCUT2D eigenvalue weighted by molar-refractivity contribution is -0.0277. The maximum absolute atomic E-state index is 10.3. The van der Waals surface area contributed by atoms with Gasteiger partial charge >= 0.3 is 0 Å². The van der Waals surface area contributed by atoms with E-state index in [0.717, 1.165) is 37.5 Å². The van der Waals surface area contributed by atoms with Gasteiger partial charge in [-0.3, -0.25) is 0 Å². The Labute approximate surface area is 121 Å². The van der Waals surface area contributed by atoms with Crippen LogP contribution in [0.25, 0.3) is 0 Å². The minimum Gasteiger partial charge on any atom is -0.508 e. The van der Waals surface area contributed by atoms with Gasteiger partial charge in [0.15, 0.2) is 0 Å². The first-order valence-corrected chi connectivity index (χ1v) is 7.38. The number of benzene rings is 1. The highest BCUT2D eigenvalue weighted by atomic mass is 16.5. The highest BCUT2D eigenvalue weighted by Gasteiger charge is 2.27. The van der Waals surface area contributed by atoms with Gasteiger partial charge in [0.05, 0.1) is 12.2 Å². The molecule has 1 atom stereocenters. The van der Waals surface area contributed by atoms with E-state index in [1.54, 1.807) is 0 Å². The van der Waals surface area contributed by atoms with E-state index in [-0.39, 0.29) is 11.6 Å². The van der Waals surface area contributed by atoms with Crippen molar-refractivity contribution >= 4 is 5.69 Å². The molecule has 0 spiro atoms. The van der Waals surface area contributed by atoms with E-state index in [2.05, 4.69) is 44.0 Å². The molecule has 2 rings (SSSR count). The zero-order chi connectivity index (χ0) is 14.8. The van der Waals surface area contributed by atoms with E-state index in [1.165, 1.54) is 0 Å². The fraction of sp³-hybridized carbons (Fsp3) is 0.625. The molecule has 2 N–H and O–H groups in total. The molecule has 0 radical (unpaired) electrons. The summed E-state index contributed by atoms with van der Waals surface area (Å²) in [7, 11) is 0. The summed E-state index contributed by atoms with van der Waals surface area (Å²) in [5.74, 6) is 0.361. The SMILES string of the molecule is CCNC(C)c1ccc(N2CCOC(C)(C)C2)cc1O. The Morgan fingerprint density at radius 2 is 2.20 bits per heavy atom. The Balaban J connectivity index is 2.16. The Morgan fingerprint density at radius 3 is 2.80 bits per heavy atom. The number of ether oxygens (including phenoxy) is 1. The number of aromatic hydroxyl groups is 1. The predicted octanol–water partition coefficient (Wildman–Crippen LogP) is 2.68. The van der Waals surface area contributed by atoms with Crippen LogP contribution in [0.4, 0.5) is 5.69 Å². The molecule has 112 valence electrons. The quantitative estimate of drug-likeness (QED) is 0.889. The summed E-state index contributed by atoms with van der Waals surface area (Å²) < 4.78 is 5.73. The van der Waals surface area contributed by atoms with E-state index in [1.807, 2.05) is 12.1 Å². The van der Waals surface area contributed by atoms with Crippen molar-refractivity contribution < 1.29 is 9.84 Å². The second kappa shape index (κ2) is 6.02. The van der Waals surface area contributed by atoms with Crippen LogP contribution >= 0.6 is 0 Å². The fourth-order valence-corrected chi connectivity index (χ4v) is 2.75. The van der Waals surface area contributed by atoms with E-state index >= 15 is 0 Å². The molecule has 0 amide bonds. The predicted molar refractivity (Wildman–Crippen MR) is 82.4 cm³/mol. The van der Waals surface area contributed by atoms with Gasteiger partial charge in [-0.1, -0.05) is 13.0 Å². The molecular formula is C16H26N2O2. The third kappa shape index (κ3) is 3.44. The average Bonchev–Trinajstić information content (AvgIpc) is 2.37. The number of hydrogen-bond donors (Lipinski definition) is 2. The van der Waals surface area contributed by atoms with Crippen molar-refractivity contribution in [2.45, 2.75) is 39.3 Å². The Hall–Kier alpha value is -1.26. The van der Waals surface area contributed by atoms with Gasteiger partial charge in [0.2, 0.25) is 0 Å². The molecule has 0 aliphatic carbocycles. The number of nitrogens with zero attached hydrogens (tertiary/aromatic N) is 1. The normalized spacial score (nSPS) is 19.9. The molecule has 1 fully saturated rings. The summed E-state index contributed by atoms with van der Waals surface area (Å²) in [6, 6.07) is 6.13. The molecule has 0 aromatic heterocycles. The summed E-state index contributed by atoms with van der Waals surface area (Å²) in [6.45, 7) is 11.7. The summed E-state index contributed by atoms with van der Waals surface area (Å²) in [5, 5.41) is 13.6. The zero-order valence-electron chi connectivity index (χ0n) is 12.9. The molecule has 1 aliphatic rings. The highest BCUT2D eigenvalue weighted by molar-refractivity contribution is 5.54. The van der Waals surface area contributed by atoms with E-state index in [4.69, 9.17) is 4.74 Å². The third-order valence-electron chi connectivity index (χ3n) is 3.78. The number of hydrogen-bond acceptors (Lipinski definition) is 4. The van der Waals surface area contributed by atoms with Crippen LogP contribution < -0.4 is 10.2 Å². The smallest absolute Gasteiger partial charge is 0.122 e. The van der Waals surface area contributed by atoms with Gasteiger partial charge in [-0.15, -0.1) is 0 Å². The van der Waals surface area contributed by atoms with Crippen LogP contribution in [-0.2, 0) is 4.74 Å². The minimum absolute atomic E-state index is 0.135. The van der Waals surface area contributed by atoms with Crippen molar-refractivity contribution in [3.8, 4) is 5.75 Å². The molecule has 1 heterocycles. The van der Waals surface area contributed by atoms with Crippen LogP contribution in [0, 0.1) is 0 Å². The lowest BCUT2D eigenvalue weighted by Gasteiger charge is -2.39. The van der Waals surface area contributed by atoms with Crippen LogP contribution in [0.2, 0.25) is 0 Å².